The molecule has 0 fully saturated rings. The first-order valence-corrected chi connectivity index (χ1v) is 7.84. The Morgan fingerprint density at radius 3 is 2.78 bits per heavy atom. The molecule has 0 atom stereocenters. The second-order valence-electron chi connectivity index (χ2n) is 4.95. The van der Waals surface area contributed by atoms with Crippen LogP contribution in [0, 0.1) is 6.92 Å². The lowest BCUT2D eigenvalue weighted by Crippen LogP contribution is -2.27. The SMILES string of the molecule is Cc1csc(NC(=O)Cn2cc(-c3ccccc3)ncc2=O)n1. The smallest absolute Gasteiger partial charge is 0.269 e. The summed E-state index contributed by atoms with van der Waals surface area (Å²) in [7, 11) is 0. The van der Waals surface area contributed by atoms with E-state index in [1.165, 1.54) is 22.1 Å². The van der Waals surface area contributed by atoms with Gasteiger partial charge in [0.05, 0.1) is 17.6 Å². The van der Waals surface area contributed by atoms with Gasteiger partial charge in [0.2, 0.25) is 5.91 Å². The molecule has 0 radical (unpaired) electrons. The zero-order valence-electron chi connectivity index (χ0n) is 12.4. The molecule has 3 aromatic rings. The third-order valence-corrected chi connectivity index (χ3v) is 4.00. The number of aryl methyl sites for hydroxylation is 1. The Balaban J connectivity index is 1.79. The molecule has 23 heavy (non-hydrogen) atoms. The van der Waals surface area contributed by atoms with Gasteiger partial charge in [-0.25, -0.2) is 9.97 Å². The number of aromatic nitrogens is 3. The summed E-state index contributed by atoms with van der Waals surface area (Å²) in [6.07, 6.45) is 2.81. The van der Waals surface area contributed by atoms with Crippen molar-refractivity contribution in [1.29, 1.82) is 0 Å². The van der Waals surface area contributed by atoms with Crippen LogP contribution in [0.3, 0.4) is 0 Å². The van der Waals surface area contributed by atoms with Crippen molar-refractivity contribution in [3.8, 4) is 11.3 Å². The predicted octanol–water partition coefficient (Wildman–Crippen LogP) is 2.31. The zero-order valence-corrected chi connectivity index (χ0v) is 13.2. The summed E-state index contributed by atoms with van der Waals surface area (Å²) in [5, 5.41) is 5.06. The molecular weight excluding hydrogens is 312 g/mol. The standard InChI is InChI=1S/C16H14N4O2S/c1-11-10-23-16(18-11)19-14(21)9-20-8-13(17-7-15(20)22)12-5-3-2-4-6-12/h2-8,10H,9H2,1H3,(H,18,19,21). The number of benzene rings is 1. The molecule has 0 bridgehead atoms. The molecule has 7 heteroatoms. The number of hydrogen-bond donors (Lipinski definition) is 1. The van der Waals surface area contributed by atoms with E-state index in [0.717, 1.165) is 11.3 Å². The first-order valence-electron chi connectivity index (χ1n) is 6.96. The van der Waals surface area contributed by atoms with Crippen LogP contribution >= 0.6 is 11.3 Å². The Bertz CT molecular complexity index is 886. The van der Waals surface area contributed by atoms with Crippen molar-refractivity contribution in [2.45, 2.75) is 13.5 Å². The topological polar surface area (TPSA) is 76.9 Å². The molecule has 2 heterocycles. The van der Waals surface area contributed by atoms with Gasteiger partial charge in [-0.1, -0.05) is 30.3 Å². The molecule has 1 amide bonds. The third-order valence-electron chi connectivity index (χ3n) is 3.12. The van der Waals surface area contributed by atoms with Crippen LogP contribution in [0.5, 0.6) is 0 Å². The van der Waals surface area contributed by atoms with E-state index >= 15 is 0 Å². The maximum absolute atomic E-state index is 12.1. The highest BCUT2D eigenvalue weighted by Gasteiger charge is 2.09. The molecular formula is C16H14N4O2S. The Hall–Kier alpha value is -2.80. The van der Waals surface area contributed by atoms with E-state index in [1.807, 2.05) is 42.6 Å². The van der Waals surface area contributed by atoms with Crippen LogP contribution in [0.1, 0.15) is 5.69 Å². The van der Waals surface area contributed by atoms with Crippen LogP contribution < -0.4 is 10.9 Å². The summed E-state index contributed by atoms with van der Waals surface area (Å²) in [5.74, 6) is -0.299. The van der Waals surface area contributed by atoms with Gasteiger partial charge in [0.25, 0.3) is 5.56 Å². The Labute approximate surface area is 136 Å². The second kappa shape index (κ2) is 6.53. The van der Waals surface area contributed by atoms with Crippen LogP contribution in [-0.4, -0.2) is 20.4 Å². The fraction of sp³-hybridized carbons (Fsp3) is 0.125. The Morgan fingerprint density at radius 2 is 2.09 bits per heavy atom. The summed E-state index contributed by atoms with van der Waals surface area (Å²) in [4.78, 5) is 32.3. The fourth-order valence-corrected chi connectivity index (χ4v) is 2.75. The van der Waals surface area contributed by atoms with Gasteiger partial charge in [-0.15, -0.1) is 11.3 Å². The minimum absolute atomic E-state index is 0.0835. The van der Waals surface area contributed by atoms with Crippen LogP contribution in [0.2, 0.25) is 0 Å². The van der Waals surface area contributed by atoms with Crippen LogP contribution in [0.4, 0.5) is 5.13 Å². The van der Waals surface area contributed by atoms with Gasteiger partial charge < -0.3 is 9.88 Å². The summed E-state index contributed by atoms with van der Waals surface area (Å²) in [5.41, 5.74) is 2.05. The molecule has 0 spiro atoms. The maximum Gasteiger partial charge on any atom is 0.269 e. The number of carbonyl (C=O) groups is 1. The van der Waals surface area contributed by atoms with Crippen molar-refractivity contribution in [2.75, 3.05) is 5.32 Å². The van der Waals surface area contributed by atoms with Crippen molar-refractivity contribution in [1.82, 2.24) is 14.5 Å². The van der Waals surface area contributed by atoms with E-state index in [1.54, 1.807) is 6.20 Å². The number of anilines is 1. The van der Waals surface area contributed by atoms with E-state index in [2.05, 4.69) is 15.3 Å². The van der Waals surface area contributed by atoms with Crippen LogP contribution in [-0.2, 0) is 11.3 Å². The predicted molar refractivity (Wildman–Crippen MR) is 89.4 cm³/mol. The molecule has 6 nitrogen and oxygen atoms in total. The highest BCUT2D eigenvalue weighted by atomic mass is 32.1. The van der Waals surface area contributed by atoms with Gasteiger partial charge in [0, 0.05) is 17.1 Å². The van der Waals surface area contributed by atoms with Crippen molar-refractivity contribution < 1.29 is 4.79 Å². The molecule has 1 N–H and O–H groups in total. The van der Waals surface area contributed by atoms with E-state index < -0.39 is 0 Å². The third kappa shape index (κ3) is 3.70. The van der Waals surface area contributed by atoms with Gasteiger partial charge in [0.15, 0.2) is 5.13 Å². The highest BCUT2D eigenvalue weighted by molar-refractivity contribution is 7.13. The minimum Gasteiger partial charge on any atom is -0.303 e. The molecule has 0 saturated carbocycles. The molecule has 0 aliphatic carbocycles. The average molecular weight is 326 g/mol. The average Bonchev–Trinajstić information content (AvgIpc) is 2.95. The minimum atomic E-state index is -0.324. The molecule has 116 valence electrons. The highest BCUT2D eigenvalue weighted by Crippen LogP contribution is 2.15. The van der Waals surface area contributed by atoms with E-state index in [4.69, 9.17) is 0 Å². The molecule has 2 aromatic heterocycles. The maximum atomic E-state index is 12.1. The largest absolute Gasteiger partial charge is 0.303 e. The van der Waals surface area contributed by atoms with Crippen molar-refractivity contribution >= 4 is 22.4 Å². The molecule has 1 aromatic carbocycles. The number of amides is 1. The normalized spacial score (nSPS) is 10.5. The van der Waals surface area contributed by atoms with Crippen molar-refractivity contribution in [2.24, 2.45) is 0 Å². The fourth-order valence-electron chi connectivity index (χ4n) is 2.05. The monoisotopic (exact) mass is 326 g/mol. The molecule has 0 aliphatic rings. The summed E-state index contributed by atoms with van der Waals surface area (Å²) >= 11 is 1.35. The molecule has 3 rings (SSSR count). The summed E-state index contributed by atoms with van der Waals surface area (Å²) in [6.45, 7) is 1.77. The van der Waals surface area contributed by atoms with E-state index in [9.17, 15) is 9.59 Å². The molecule has 0 aliphatic heterocycles. The van der Waals surface area contributed by atoms with Gasteiger partial charge in [-0.3, -0.25) is 9.59 Å². The van der Waals surface area contributed by atoms with Gasteiger partial charge >= 0.3 is 0 Å². The van der Waals surface area contributed by atoms with E-state index in [-0.39, 0.29) is 18.0 Å². The Kier molecular flexibility index (Phi) is 4.29. The first kappa shape index (κ1) is 15.1. The summed E-state index contributed by atoms with van der Waals surface area (Å²) < 4.78 is 1.34. The second-order valence-corrected chi connectivity index (χ2v) is 5.81. The van der Waals surface area contributed by atoms with Gasteiger partial charge in [0.1, 0.15) is 6.54 Å². The number of carbonyl (C=O) groups excluding carboxylic acids is 1. The lowest BCUT2D eigenvalue weighted by atomic mass is 10.2. The number of nitrogens with zero attached hydrogens (tertiary/aromatic N) is 3. The van der Waals surface area contributed by atoms with Crippen LogP contribution in [0.25, 0.3) is 11.3 Å². The van der Waals surface area contributed by atoms with E-state index in [0.29, 0.717) is 10.8 Å². The number of thiazole rings is 1. The molecule has 0 unspecified atom stereocenters. The Morgan fingerprint density at radius 1 is 1.30 bits per heavy atom. The lowest BCUT2D eigenvalue weighted by molar-refractivity contribution is -0.116. The quantitative estimate of drug-likeness (QED) is 0.798. The molecule has 0 saturated heterocycles. The number of nitrogens with one attached hydrogen (secondary N) is 1. The van der Waals surface area contributed by atoms with Crippen LogP contribution in [0.15, 0.2) is 52.9 Å². The van der Waals surface area contributed by atoms with Crippen molar-refractivity contribution in [3.63, 3.8) is 0 Å². The van der Waals surface area contributed by atoms with Gasteiger partial charge in [-0.05, 0) is 6.92 Å². The first-order chi connectivity index (χ1) is 11.1. The lowest BCUT2D eigenvalue weighted by Gasteiger charge is -2.07. The number of rotatable bonds is 4. The number of hydrogen-bond acceptors (Lipinski definition) is 5. The van der Waals surface area contributed by atoms with Crippen molar-refractivity contribution in [3.05, 3.63) is 64.2 Å². The summed E-state index contributed by atoms with van der Waals surface area (Å²) in [6, 6.07) is 9.49. The zero-order chi connectivity index (χ0) is 16.2. The van der Waals surface area contributed by atoms with Gasteiger partial charge in [-0.2, -0.15) is 0 Å².